The molecule has 1 aromatic heterocycles. The van der Waals surface area contributed by atoms with Crippen molar-refractivity contribution in [2.24, 2.45) is 7.05 Å². The number of likely N-dealkylation sites (tertiary alicyclic amines) is 1. The van der Waals surface area contributed by atoms with Gasteiger partial charge in [0.15, 0.2) is 0 Å². The normalized spacial score (nSPS) is 17.6. The third kappa shape index (κ3) is 4.24. The summed E-state index contributed by atoms with van der Waals surface area (Å²) in [5.74, 6) is -0.215. The lowest BCUT2D eigenvalue weighted by Crippen LogP contribution is -2.43. The number of nitrogens with one attached hydrogen (secondary N) is 1. The molecule has 2 aromatic rings. The molecular formula is C18H22N4O3. The van der Waals surface area contributed by atoms with Gasteiger partial charge in [0.05, 0.1) is 0 Å². The molecule has 0 bridgehead atoms. The van der Waals surface area contributed by atoms with Gasteiger partial charge in [-0.1, -0.05) is 30.3 Å². The fourth-order valence-electron chi connectivity index (χ4n) is 3.10. The molecule has 1 aliphatic rings. The second-order valence-electron chi connectivity index (χ2n) is 6.40. The van der Waals surface area contributed by atoms with Crippen LogP contribution < -0.4 is 16.6 Å². The molecule has 7 nitrogen and oxygen atoms in total. The fourth-order valence-corrected chi connectivity index (χ4v) is 3.10. The van der Waals surface area contributed by atoms with Gasteiger partial charge in [0.1, 0.15) is 6.54 Å². The highest BCUT2D eigenvalue weighted by Gasteiger charge is 2.23. The molecule has 0 radical (unpaired) electrons. The molecule has 1 fully saturated rings. The van der Waals surface area contributed by atoms with Gasteiger partial charge in [0, 0.05) is 45.0 Å². The molecule has 7 heteroatoms. The number of hydrogen-bond acceptors (Lipinski definition) is 4. The number of hydrogen-bond donors (Lipinski definition) is 1. The Balaban J connectivity index is 1.53. The average Bonchev–Trinajstić information content (AvgIpc) is 3.03. The van der Waals surface area contributed by atoms with Gasteiger partial charge < -0.3 is 5.32 Å². The molecule has 1 saturated heterocycles. The first-order valence-corrected chi connectivity index (χ1v) is 8.35. The Morgan fingerprint density at radius 1 is 1.20 bits per heavy atom. The van der Waals surface area contributed by atoms with E-state index in [0.717, 1.165) is 30.6 Å². The minimum atomic E-state index is -0.486. The maximum atomic E-state index is 12.2. The maximum Gasteiger partial charge on any atom is 0.331 e. The lowest BCUT2D eigenvalue weighted by Gasteiger charge is -2.17. The van der Waals surface area contributed by atoms with Crippen molar-refractivity contribution in [3.8, 4) is 0 Å². The Kier molecular flexibility index (Phi) is 5.14. The van der Waals surface area contributed by atoms with Crippen LogP contribution in [0.5, 0.6) is 0 Å². The third-order valence-corrected chi connectivity index (χ3v) is 4.46. The van der Waals surface area contributed by atoms with E-state index in [0.29, 0.717) is 0 Å². The number of benzene rings is 1. The van der Waals surface area contributed by atoms with Crippen molar-refractivity contribution < 1.29 is 4.79 Å². The van der Waals surface area contributed by atoms with Gasteiger partial charge in [-0.05, 0) is 12.0 Å². The van der Waals surface area contributed by atoms with Gasteiger partial charge in [0.2, 0.25) is 5.91 Å². The first-order chi connectivity index (χ1) is 12.0. The van der Waals surface area contributed by atoms with Crippen molar-refractivity contribution in [2.75, 3.05) is 13.1 Å². The van der Waals surface area contributed by atoms with Crippen molar-refractivity contribution in [3.05, 3.63) is 69.0 Å². The summed E-state index contributed by atoms with van der Waals surface area (Å²) < 4.78 is 2.23. The van der Waals surface area contributed by atoms with E-state index in [1.54, 1.807) is 0 Å². The van der Waals surface area contributed by atoms with Gasteiger partial charge in [-0.2, -0.15) is 0 Å². The van der Waals surface area contributed by atoms with E-state index in [-0.39, 0.29) is 24.1 Å². The smallest absolute Gasteiger partial charge is 0.331 e. The number of carbonyl (C=O) groups is 1. The number of aromatic nitrogens is 2. The molecule has 2 heterocycles. The molecule has 1 amide bonds. The van der Waals surface area contributed by atoms with Crippen molar-refractivity contribution in [1.82, 2.24) is 19.4 Å². The van der Waals surface area contributed by atoms with Gasteiger partial charge in [-0.3, -0.25) is 23.6 Å². The fraction of sp³-hybridized carbons (Fsp3) is 0.389. The van der Waals surface area contributed by atoms with Crippen LogP contribution in [0.2, 0.25) is 0 Å². The first-order valence-electron chi connectivity index (χ1n) is 8.35. The maximum absolute atomic E-state index is 12.2. The van der Waals surface area contributed by atoms with E-state index >= 15 is 0 Å². The summed E-state index contributed by atoms with van der Waals surface area (Å²) in [7, 11) is 1.40. The molecule has 0 spiro atoms. The Morgan fingerprint density at radius 3 is 2.72 bits per heavy atom. The minimum absolute atomic E-state index is 0.0812. The summed E-state index contributed by atoms with van der Waals surface area (Å²) >= 11 is 0. The highest BCUT2D eigenvalue weighted by molar-refractivity contribution is 5.76. The molecule has 1 N–H and O–H groups in total. The summed E-state index contributed by atoms with van der Waals surface area (Å²) in [6, 6.07) is 11.6. The van der Waals surface area contributed by atoms with E-state index in [9.17, 15) is 14.4 Å². The largest absolute Gasteiger partial charge is 0.350 e. The third-order valence-electron chi connectivity index (χ3n) is 4.46. The predicted molar refractivity (Wildman–Crippen MR) is 94.2 cm³/mol. The zero-order valence-corrected chi connectivity index (χ0v) is 14.2. The van der Waals surface area contributed by atoms with Crippen LogP contribution in [-0.4, -0.2) is 39.1 Å². The van der Waals surface area contributed by atoms with Crippen LogP contribution >= 0.6 is 0 Å². The van der Waals surface area contributed by atoms with E-state index < -0.39 is 5.69 Å². The van der Waals surface area contributed by atoms with Gasteiger partial charge in [0.25, 0.3) is 5.56 Å². The number of carbonyl (C=O) groups excluding carboxylic acids is 1. The highest BCUT2D eigenvalue weighted by atomic mass is 16.2. The molecular weight excluding hydrogens is 320 g/mol. The Hall–Kier alpha value is -2.67. The topological polar surface area (TPSA) is 76.3 Å². The van der Waals surface area contributed by atoms with Crippen LogP contribution in [0, 0.1) is 0 Å². The van der Waals surface area contributed by atoms with Crippen molar-refractivity contribution in [3.63, 3.8) is 0 Å². The summed E-state index contributed by atoms with van der Waals surface area (Å²) in [6.07, 6.45) is 2.25. The highest BCUT2D eigenvalue weighted by Crippen LogP contribution is 2.13. The monoisotopic (exact) mass is 342 g/mol. The predicted octanol–water partition coefficient (Wildman–Crippen LogP) is -0.0623. The Morgan fingerprint density at radius 2 is 1.96 bits per heavy atom. The lowest BCUT2D eigenvalue weighted by atomic mass is 10.2. The second kappa shape index (κ2) is 7.48. The van der Waals surface area contributed by atoms with Crippen LogP contribution in [0.25, 0.3) is 0 Å². The zero-order valence-electron chi connectivity index (χ0n) is 14.2. The zero-order chi connectivity index (χ0) is 17.8. The van der Waals surface area contributed by atoms with E-state index in [1.807, 2.05) is 18.2 Å². The van der Waals surface area contributed by atoms with Crippen LogP contribution in [-0.2, 0) is 24.9 Å². The Labute approximate surface area is 145 Å². The van der Waals surface area contributed by atoms with Crippen molar-refractivity contribution >= 4 is 5.91 Å². The standard InChI is InChI=1S/C18H22N4O3/c1-20-17(24)8-10-22(18(20)25)13-16(23)19-15-7-9-21(12-15)11-14-5-3-2-4-6-14/h2-6,8,10,15H,7,9,11-13H2,1H3,(H,19,23)/t15-/m1/s1. The minimum Gasteiger partial charge on any atom is -0.350 e. The molecule has 132 valence electrons. The molecule has 1 aliphatic heterocycles. The van der Waals surface area contributed by atoms with Crippen LogP contribution in [0.3, 0.4) is 0 Å². The van der Waals surface area contributed by atoms with E-state index in [2.05, 4.69) is 22.3 Å². The molecule has 0 saturated carbocycles. The quantitative estimate of drug-likeness (QED) is 0.826. The van der Waals surface area contributed by atoms with Crippen LogP contribution in [0.4, 0.5) is 0 Å². The SMILES string of the molecule is Cn1c(=O)ccn(CC(=O)N[C@@H]2CCN(Cc3ccccc3)C2)c1=O. The number of nitrogens with zero attached hydrogens (tertiary/aromatic N) is 3. The molecule has 25 heavy (non-hydrogen) atoms. The lowest BCUT2D eigenvalue weighted by molar-refractivity contribution is -0.122. The summed E-state index contributed by atoms with van der Waals surface area (Å²) in [5, 5.41) is 2.98. The summed E-state index contributed by atoms with van der Waals surface area (Å²) in [4.78, 5) is 37.9. The molecule has 1 atom stereocenters. The average molecular weight is 342 g/mol. The van der Waals surface area contributed by atoms with Crippen LogP contribution in [0.15, 0.2) is 52.2 Å². The Bertz CT molecular complexity index is 857. The van der Waals surface area contributed by atoms with Gasteiger partial charge in [-0.25, -0.2) is 4.79 Å². The van der Waals surface area contributed by atoms with Gasteiger partial charge >= 0.3 is 5.69 Å². The van der Waals surface area contributed by atoms with Crippen molar-refractivity contribution in [1.29, 1.82) is 0 Å². The molecule has 1 aromatic carbocycles. The van der Waals surface area contributed by atoms with E-state index in [1.165, 1.54) is 29.4 Å². The first kappa shape index (κ1) is 17.2. The van der Waals surface area contributed by atoms with Gasteiger partial charge in [-0.15, -0.1) is 0 Å². The van der Waals surface area contributed by atoms with E-state index in [4.69, 9.17) is 0 Å². The summed E-state index contributed by atoms with van der Waals surface area (Å²) in [5.41, 5.74) is 0.389. The number of amides is 1. The summed E-state index contributed by atoms with van der Waals surface area (Å²) in [6.45, 7) is 2.51. The molecule has 0 unspecified atom stereocenters. The number of rotatable bonds is 5. The van der Waals surface area contributed by atoms with Crippen LogP contribution in [0.1, 0.15) is 12.0 Å². The van der Waals surface area contributed by atoms with Crippen molar-refractivity contribution in [2.45, 2.75) is 25.6 Å². The second-order valence-corrected chi connectivity index (χ2v) is 6.40. The molecule has 0 aliphatic carbocycles. The molecule has 3 rings (SSSR count).